The molecular weight excluding hydrogens is 633 g/mol. The average molecular weight is 699 g/mol. The van der Waals surface area contributed by atoms with Crippen LogP contribution in [-0.2, 0) is 16.0 Å². The Labute approximate surface area is 307 Å². The maximum absolute atomic E-state index is 13.1. The number of aliphatic hydroxyl groups excluding tert-OH is 1. The van der Waals surface area contributed by atoms with Crippen molar-refractivity contribution in [3.05, 3.63) is 47.7 Å². The van der Waals surface area contributed by atoms with Crippen LogP contribution < -0.4 is 5.32 Å². The molecule has 280 valence electrons. The number of amides is 1. The molecule has 1 aromatic carbocycles. The van der Waals surface area contributed by atoms with Gasteiger partial charge in [0.25, 0.3) is 0 Å². The van der Waals surface area contributed by atoms with Crippen LogP contribution in [0.5, 0.6) is 0 Å². The molecule has 0 radical (unpaired) electrons. The molecule has 9 atom stereocenters. The second kappa shape index (κ2) is 12.8. The predicted molar refractivity (Wildman–Crippen MR) is 205 cm³/mol. The van der Waals surface area contributed by atoms with Gasteiger partial charge >= 0.3 is 5.97 Å². The van der Waals surface area contributed by atoms with E-state index in [4.69, 9.17) is 0 Å². The number of carboxylic acids is 1. The number of unbranched alkanes of at least 4 members (excludes halogenated alkanes) is 1. The Morgan fingerprint density at radius 1 is 0.922 bits per heavy atom. The second-order valence-corrected chi connectivity index (χ2v) is 20.2. The van der Waals surface area contributed by atoms with Gasteiger partial charge < -0.3 is 20.5 Å². The van der Waals surface area contributed by atoms with E-state index in [2.05, 4.69) is 64.8 Å². The van der Waals surface area contributed by atoms with Crippen molar-refractivity contribution in [2.24, 2.45) is 50.2 Å². The van der Waals surface area contributed by atoms with Crippen LogP contribution in [0.15, 0.2) is 42.1 Å². The van der Waals surface area contributed by atoms with Gasteiger partial charge in [0.1, 0.15) is 6.04 Å². The molecule has 5 aliphatic carbocycles. The zero-order valence-electron chi connectivity index (χ0n) is 32.7. The van der Waals surface area contributed by atoms with Crippen molar-refractivity contribution in [1.29, 1.82) is 0 Å². The number of para-hydroxylation sites is 1. The van der Waals surface area contributed by atoms with E-state index in [1.54, 1.807) is 5.57 Å². The van der Waals surface area contributed by atoms with Gasteiger partial charge in [-0.3, -0.25) is 4.79 Å². The number of benzene rings is 1. The molecule has 51 heavy (non-hydrogen) atoms. The molecule has 0 unspecified atom stereocenters. The van der Waals surface area contributed by atoms with Gasteiger partial charge in [-0.2, -0.15) is 0 Å². The van der Waals surface area contributed by atoms with Crippen LogP contribution in [0, 0.1) is 50.2 Å². The fourth-order valence-electron chi connectivity index (χ4n) is 13.5. The van der Waals surface area contributed by atoms with Crippen LogP contribution in [0.3, 0.4) is 0 Å². The van der Waals surface area contributed by atoms with E-state index in [9.17, 15) is 19.8 Å². The van der Waals surface area contributed by atoms with E-state index < -0.39 is 12.0 Å². The highest BCUT2D eigenvalue weighted by Crippen LogP contribution is 2.76. The Morgan fingerprint density at radius 3 is 2.43 bits per heavy atom. The summed E-state index contributed by atoms with van der Waals surface area (Å²) in [6.45, 7) is 17.6. The number of nitrogens with one attached hydrogen (secondary N) is 2. The summed E-state index contributed by atoms with van der Waals surface area (Å²) in [5.41, 5.74) is 4.97. The highest BCUT2D eigenvalue weighted by molar-refractivity contribution is 5.86. The summed E-state index contributed by atoms with van der Waals surface area (Å²) >= 11 is 0. The number of aromatic amines is 1. The largest absolute Gasteiger partial charge is 0.480 e. The maximum atomic E-state index is 13.1. The van der Waals surface area contributed by atoms with Gasteiger partial charge in [0.15, 0.2) is 0 Å². The smallest absolute Gasteiger partial charge is 0.326 e. The summed E-state index contributed by atoms with van der Waals surface area (Å²) in [5, 5.41) is 24.9. The maximum Gasteiger partial charge on any atom is 0.326 e. The highest BCUT2D eigenvalue weighted by Gasteiger charge is 2.68. The summed E-state index contributed by atoms with van der Waals surface area (Å²) in [6, 6.07) is 6.94. The van der Waals surface area contributed by atoms with E-state index in [1.807, 2.05) is 30.5 Å². The van der Waals surface area contributed by atoms with Gasteiger partial charge in [-0.1, -0.05) is 84.7 Å². The number of carbonyl (C=O) groups excluding carboxylic acids is 1. The molecule has 6 nitrogen and oxygen atoms in total. The molecular formula is C45H66N2O4. The number of aromatic nitrogens is 1. The van der Waals surface area contributed by atoms with E-state index in [-0.39, 0.29) is 45.5 Å². The second-order valence-electron chi connectivity index (χ2n) is 20.2. The predicted octanol–water partition coefficient (Wildman–Crippen LogP) is 10.0. The van der Waals surface area contributed by atoms with Crippen molar-refractivity contribution in [3.63, 3.8) is 0 Å². The van der Waals surface area contributed by atoms with Crippen LogP contribution in [0.4, 0.5) is 0 Å². The minimum absolute atomic E-state index is 0.0307. The van der Waals surface area contributed by atoms with E-state index in [0.29, 0.717) is 29.6 Å². The van der Waals surface area contributed by atoms with Gasteiger partial charge in [-0.05, 0) is 139 Å². The Morgan fingerprint density at radius 2 is 1.67 bits per heavy atom. The third kappa shape index (κ3) is 5.93. The number of hydrogen-bond donors (Lipinski definition) is 4. The topological polar surface area (TPSA) is 102 Å². The average Bonchev–Trinajstić information content (AvgIpc) is 3.48. The molecule has 0 spiro atoms. The summed E-state index contributed by atoms with van der Waals surface area (Å²) in [6.07, 6.45) is 20.0. The first-order chi connectivity index (χ1) is 24.0. The SMILES string of the molecule is CC1(C)CC[C@]2(CCCCC(=O)N[C@@H](Cc3c[nH]c4ccccc34)C(=O)O)CC[C@]3(C)C(=CC[C@@H]4[C@@]5(C)CC[C@H](O)C(C)(C)[C@@H]5CC[C@]43C)[C@@H]2C1. The Balaban J connectivity index is 1.04. The van der Waals surface area contributed by atoms with Crippen LogP contribution in [0.25, 0.3) is 10.9 Å². The number of aliphatic hydroxyl groups is 1. The van der Waals surface area contributed by atoms with Gasteiger partial charge in [0, 0.05) is 29.9 Å². The number of aliphatic carboxylic acids is 1. The minimum Gasteiger partial charge on any atom is -0.480 e. The third-order valence-electron chi connectivity index (χ3n) is 16.9. The van der Waals surface area contributed by atoms with Crippen molar-refractivity contribution in [1.82, 2.24) is 10.3 Å². The molecule has 1 heterocycles. The van der Waals surface area contributed by atoms with Crippen LogP contribution in [-0.4, -0.2) is 39.2 Å². The van der Waals surface area contributed by atoms with Crippen LogP contribution in [0.2, 0.25) is 0 Å². The molecule has 4 saturated carbocycles. The molecule has 2 aromatic rings. The molecule has 0 aliphatic heterocycles. The molecule has 0 bridgehead atoms. The molecule has 5 aliphatic rings. The Bertz CT molecular complexity index is 1690. The van der Waals surface area contributed by atoms with Gasteiger partial charge in [-0.25, -0.2) is 4.79 Å². The monoisotopic (exact) mass is 699 g/mol. The fourth-order valence-corrected chi connectivity index (χ4v) is 13.5. The summed E-state index contributed by atoms with van der Waals surface area (Å²) in [5.74, 6) is 0.660. The standard InChI is InChI=1S/C45H66N2O4/c1-40(2)22-24-45(19-11-10-14-38(49)47-34(39(50)51)26-29-28-46-33-13-9-8-12-30(29)33)25-23-43(6)31(32(45)27-40)15-16-36-42(5)20-18-37(48)41(3,4)35(42)17-21-44(36,43)7/h8-9,12-13,15,28,32,34-37,46,48H,10-11,14,16-27H2,1-7H3,(H,47,49)(H,50,51)/t32-,34-,35-,36+,37-,42-,43+,44+,45+/m0/s1. The molecule has 0 saturated heterocycles. The number of carboxylic acid groups (broad SMARTS) is 1. The lowest BCUT2D eigenvalue weighted by Crippen LogP contribution is -2.64. The summed E-state index contributed by atoms with van der Waals surface area (Å²) in [4.78, 5) is 28.5. The number of rotatable bonds is 9. The number of fused-ring (bicyclic) bond motifs is 8. The van der Waals surface area contributed by atoms with E-state index in [1.165, 1.54) is 51.4 Å². The van der Waals surface area contributed by atoms with Crippen LogP contribution >= 0.6 is 0 Å². The Kier molecular flexibility index (Phi) is 9.20. The lowest BCUT2D eigenvalue weighted by Gasteiger charge is -2.71. The molecule has 7 rings (SSSR count). The minimum atomic E-state index is -0.991. The quantitative estimate of drug-likeness (QED) is 0.155. The Hall–Kier alpha value is -2.60. The summed E-state index contributed by atoms with van der Waals surface area (Å²) < 4.78 is 0. The zero-order chi connectivity index (χ0) is 36.6. The van der Waals surface area contributed by atoms with Crippen molar-refractivity contribution in [2.45, 2.75) is 157 Å². The number of carbonyl (C=O) groups is 2. The molecule has 4 N–H and O–H groups in total. The fraction of sp³-hybridized carbons (Fsp3) is 0.733. The molecule has 1 amide bonds. The van der Waals surface area contributed by atoms with Crippen molar-refractivity contribution in [3.8, 4) is 0 Å². The highest BCUT2D eigenvalue weighted by atomic mass is 16.4. The van der Waals surface area contributed by atoms with E-state index >= 15 is 0 Å². The van der Waals surface area contributed by atoms with Gasteiger partial charge in [0.05, 0.1) is 6.10 Å². The first-order valence-electron chi connectivity index (χ1n) is 20.4. The zero-order valence-corrected chi connectivity index (χ0v) is 32.7. The van der Waals surface area contributed by atoms with E-state index in [0.717, 1.165) is 48.6 Å². The van der Waals surface area contributed by atoms with Crippen molar-refractivity contribution in [2.75, 3.05) is 0 Å². The van der Waals surface area contributed by atoms with Crippen molar-refractivity contribution < 1.29 is 19.8 Å². The first kappa shape index (κ1) is 36.7. The number of hydrogen-bond acceptors (Lipinski definition) is 3. The number of H-pyrrole nitrogens is 1. The lowest BCUT2D eigenvalue weighted by molar-refractivity contribution is -0.203. The number of allylic oxidation sites excluding steroid dienone is 2. The normalized spacial score (nSPS) is 38.7. The van der Waals surface area contributed by atoms with Crippen molar-refractivity contribution >= 4 is 22.8 Å². The lowest BCUT2D eigenvalue weighted by atomic mass is 9.33. The molecule has 6 heteroatoms. The summed E-state index contributed by atoms with van der Waals surface area (Å²) in [7, 11) is 0. The first-order valence-corrected chi connectivity index (χ1v) is 20.4. The van der Waals surface area contributed by atoms with Gasteiger partial charge in [0.2, 0.25) is 5.91 Å². The molecule has 1 aromatic heterocycles. The van der Waals surface area contributed by atoms with Gasteiger partial charge in [-0.15, -0.1) is 0 Å². The molecule has 4 fully saturated rings. The van der Waals surface area contributed by atoms with Crippen LogP contribution in [0.1, 0.15) is 144 Å². The third-order valence-corrected chi connectivity index (χ3v) is 16.9.